The van der Waals surface area contributed by atoms with E-state index in [1.807, 2.05) is 0 Å². The van der Waals surface area contributed by atoms with Gasteiger partial charge in [-0.05, 0) is 37.3 Å². The molecule has 0 saturated heterocycles. The molecule has 0 aliphatic heterocycles. The molecule has 0 atom stereocenters. The predicted octanol–water partition coefficient (Wildman–Crippen LogP) is 1.83. The lowest BCUT2D eigenvalue weighted by Gasteiger charge is -2.05. The fourth-order valence-electron chi connectivity index (χ4n) is 1.58. The molecule has 2 N–H and O–H groups in total. The third-order valence-corrected chi connectivity index (χ3v) is 2.59. The summed E-state index contributed by atoms with van der Waals surface area (Å²) in [6, 6.07) is 9.29. The van der Waals surface area contributed by atoms with Gasteiger partial charge in [0.15, 0.2) is 5.78 Å². The van der Waals surface area contributed by atoms with Gasteiger partial charge < -0.3 is 10.3 Å². The summed E-state index contributed by atoms with van der Waals surface area (Å²) in [6.45, 7) is 1.48. The number of carbonyl (C=O) groups excluding carboxylic acids is 2. The standard InChI is InChI=1S/C14H12N2O3/c1-9(17)10-2-4-12(5-3-10)16-14(19)11-6-7-15-13(18)8-11/h2-8H,1H3,(H,15,18)(H,16,19). The van der Waals surface area contributed by atoms with Gasteiger partial charge in [0, 0.05) is 29.1 Å². The third-order valence-electron chi connectivity index (χ3n) is 2.59. The summed E-state index contributed by atoms with van der Waals surface area (Å²) < 4.78 is 0. The average Bonchev–Trinajstić information content (AvgIpc) is 2.39. The van der Waals surface area contributed by atoms with Gasteiger partial charge in [-0.3, -0.25) is 14.4 Å². The molecule has 19 heavy (non-hydrogen) atoms. The maximum atomic E-state index is 11.9. The Labute approximate surface area is 109 Å². The van der Waals surface area contributed by atoms with Crippen molar-refractivity contribution in [1.82, 2.24) is 4.98 Å². The lowest BCUT2D eigenvalue weighted by atomic mass is 10.1. The van der Waals surface area contributed by atoms with E-state index >= 15 is 0 Å². The number of hydrogen-bond acceptors (Lipinski definition) is 3. The molecule has 1 aromatic heterocycles. The summed E-state index contributed by atoms with van der Waals surface area (Å²) in [6.07, 6.45) is 1.41. The molecule has 0 unspecified atom stereocenters. The van der Waals surface area contributed by atoms with Gasteiger partial charge in [-0.25, -0.2) is 0 Å². The molecule has 0 spiro atoms. The first-order valence-electron chi connectivity index (χ1n) is 5.67. The van der Waals surface area contributed by atoms with E-state index in [0.29, 0.717) is 11.3 Å². The summed E-state index contributed by atoms with van der Waals surface area (Å²) in [4.78, 5) is 36.5. The summed E-state index contributed by atoms with van der Waals surface area (Å²) in [5.74, 6) is -0.408. The maximum absolute atomic E-state index is 11.9. The molecule has 0 fully saturated rings. The minimum atomic E-state index is -0.373. The highest BCUT2D eigenvalue weighted by Gasteiger charge is 2.06. The molecule has 5 nitrogen and oxygen atoms in total. The van der Waals surface area contributed by atoms with Crippen LogP contribution in [0.2, 0.25) is 0 Å². The molecule has 0 radical (unpaired) electrons. The highest BCUT2D eigenvalue weighted by Crippen LogP contribution is 2.11. The highest BCUT2D eigenvalue weighted by atomic mass is 16.2. The van der Waals surface area contributed by atoms with Gasteiger partial charge in [0.05, 0.1) is 0 Å². The lowest BCUT2D eigenvalue weighted by molar-refractivity contribution is 0.101. The van der Waals surface area contributed by atoms with Crippen LogP contribution in [-0.2, 0) is 0 Å². The first-order valence-corrected chi connectivity index (χ1v) is 5.67. The number of aromatic amines is 1. The summed E-state index contributed by atoms with van der Waals surface area (Å²) in [5, 5.41) is 2.65. The molecular weight excluding hydrogens is 244 g/mol. The molecule has 1 heterocycles. The number of carbonyl (C=O) groups is 2. The van der Waals surface area contributed by atoms with Crippen LogP contribution in [0.5, 0.6) is 0 Å². The largest absolute Gasteiger partial charge is 0.329 e. The SMILES string of the molecule is CC(=O)c1ccc(NC(=O)c2cc[nH]c(=O)c2)cc1. The van der Waals surface area contributed by atoms with Crippen molar-refractivity contribution in [2.45, 2.75) is 6.92 Å². The summed E-state index contributed by atoms with van der Waals surface area (Å²) in [5.41, 5.74) is 1.09. The zero-order chi connectivity index (χ0) is 13.8. The first-order chi connectivity index (χ1) is 9.06. The van der Waals surface area contributed by atoms with Gasteiger partial charge >= 0.3 is 0 Å². The Morgan fingerprint density at radius 3 is 2.32 bits per heavy atom. The van der Waals surface area contributed by atoms with Crippen LogP contribution in [0.4, 0.5) is 5.69 Å². The molecule has 2 rings (SSSR count). The number of benzene rings is 1. The molecule has 1 aromatic carbocycles. The van der Waals surface area contributed by atoms with E-state index in [0.717, 1.165) is 0 Å². The molecule has 0 bridgehead atoms. The van der Waals surface area contributed by atoms with Crippen molar-refractivity contribution in [3.05, 3.63) is 64.1 Å². The Bertz CT molecular complexity index is 672. The molecule has 5 heteroatoms. The van der Waals surface area contributed by atoms with Crippen molar-refractivity contribution in [3.63, 3.8) is 0 Å². The van der Waals surface area contributed by atoms with E-state index in [2.05, 4.69) is 10.3 Å². The number of rotatable bonds is 3. The molecule has 0 saturated carbocycles. The van der Waals surface area contributed by atoms with E-state index in [4.69, 9.17) is 0 Å². The number of aromatic nitrogens is 1. The van der Waals surface area contributed by atoms with Gasteiger partial charge in [-0.1, -0.05) is 0 Å². The average molecular weight is 256 g/mol. The minimum absolute atomic E-state index is 0.0348. The molecule has 2 aromatic rings. The molecule has 1 amide bonds. The van der Waals surface area contributed by atoms with Crippen molar-refractivity contribution < 1.29 is 9.59 Å². The predicted molar refractivity (Wildman–Crippen MR) is 71.5 cm³/mol. The number of ketones is 1. The Hall–Kier alpha value is -2.69. The Kier molecular flexibility index (Phi) is 3.56. The van der Waals surface area contributed by atoms with Crippen LogP contribution in [0.1, 0.15) is 27.6 Å². The Morgan fingerprint density at radius 1 is 1.05 bits per heavy atom. The monoisotopic (exact) mass is 256 g/mol. The van der Waals surface area contributed by atoms with Crippen LogP contribution >= 0.6 is 0 Å². The van der Waals surface area contributed by atoms with E-state index in [9.17, 15) is 14.4 Å². The number of amides is 1. The number of hydrogen-bond donors (Lipinski definition) is 2. The highest BCUT2D eigenvalue weighted by molar-refractivity contribution is 6.04. The van der Waals surface area contributed by atoms with E-state index in [-0.39, 0.29) is 22.8 Å². The molecule has 96 valence electrons. The Balaban J connectivity index is 2.15. The van der Waals surface area contributed by atoms with Crippen LogP contribution in [-0.4, -0.2) is 16.7 Å². The summed E-state index contributed by atoms with van der Waals surface area (Å²) >= 11 is 0. The van der Waals surface area contributed by atoms with Crippen LogP contribution in [0.15, 0.2) is 47.4 Å². The fourth-order valence-corrected chi connectivity index (χ4v) is 1.58. The fraction of sp³-hybridized carbons (Fsp3) is 0.0714. The first kappa shape index (κ1) is 12.8. The summed E-state index contributed by atoms with van der Waals surface area (Å²) in [7, 11) is 0. The number of Topliss-reactive ketones (excluding diaryl/α,β-unsaturated/α-hetero) is 1. The van der Waals surface area contributed by atoms with Crippen LogP contribution in [0.25, 0.3) is 0 Å². The molecule has 0 aliphatic rings. The van der Waals surface area contributed by atoms with E-state index < -0.39 is 0 Å². The van der Waals surface area contributed by atoms with Crippen molar-refractivity contribution in [3.8, 4) is 0 Å². The van der Waals surface area contributed by atoms with Crippen molar-refractivity contribution in [2.24, 2.45) is 0 Å². The molecule has 0 aliphatic carbocycles. The zero-order valence-electron chi connectivity index (χ0n) is 10.3. The quantitative estimate of drug-likeness (QED) is 0.822. The van der Waals surface area contributed by atoms with Gasteiger partial charge in [0.2, 0.25) is 5.56 Å². The third kappa shape index (κ3) is 3.16. The van der Waals surface area contributed by atoms with Crippen molar-refractivity contribution >= 4 is 17.4 Å². The van der Waals surface area contributed by atoms with Gasteiger partial charge in [0.25, 0.3) is 5.91 Å². The van der Waals surface area contributed by atoms with Crippen LogP contribution < -0.4 is 10.9 Å². The van der Waals surface area contributed by atoms with Gasteiger partial charge in [0.1, 0.15) is 0 Å². The van der Waals surface area contributed by atoms with E-state index in [1.165, 1.54) is 25.3 Å². The second kappa shape index (κ2) is 5.30. The van der Waals surface area contributed by atoms with E-state index in [1.54, 1.807) is 24.3 Å². The van der Waals surface area contributed by atoms with Crippen molar-refractivity contribution in [1.29, 1.82) is 0 Å². The normalized spacial score (nSPS) is 9.95. The lowest BCUT2D eigenvalue weighted by Crippen LogP contribution is -2.15. The second-order valence-electron chi connectivity index (χ2n) is 4.03. The van der Waals surface area contributed by atoms with Gasteiger partial charge in [-0.2, -0.15) is 0 Å². The molecular formula is C14H12N2O3. The maximum Gasteiger partial charge on any atom is 0.255 e. The van der Waals surface area contributed by atoms with Crippen molar-refractivity contribution in [2.75, 3.05) is 5.32 Å². The number of H-pyrrole nitrogens is 1. The topological polar surface area (TPSA) is 79.0 Å². The number of nitrogens with one attached hydrogen (secondary N) is 2. The van der Waals surface area contributed by atoms with Gasteiger partial charge in [-0.15, -0.1) is 0 Å². The number of anilines is 1. The van der Waals surface area contributed by atoms with Crippen LogP contribution in [0.3, 0.4) is 0 Å². The second-order valence-corrected chi connectivity index (χ2v) is 4.03. The Morgan fingerprint density at radius 2 is 1.74 bits per heavy atom. The number of pyridine rings is 1. The smallest absolute Gasteiger partial charge is 0.255 e. The zero-order valence-corrected chi connectivity index (χ0v) is 10.3. The minimum Gasteiger partial charge on any atom is -0.329 e. The van der Waals surface area contributed by atoms with Crippen LogP contribution in [0, 0.1) is 0 Å².